The molecule has 122 valence electrons. The van der Waals surface area contributed by atoms with Gasteiger partial charge in [-0.1, -0.05) is 12.1 Å². The Bertz CT molecular complexity index is 622. The van der Waals surface area contributed by atoms with Crippen molar-refractivity contribution in [1.29, 1.82) is 0 Å². The number of hydrogen-bond acceptors (Lipinski definition) is 2. The Morgan fingerprint density at radius 1 is 1.04 bits per heavy atom. The molecule has 0 amide bonds. The minimum atomic E-state index is -0.175. The average molecular weight is 315 g/mol. The number of para-hydroxylation sites is 1. The summed E-state index contributed by atoms with van der Waals surface area (Å²) in [4.78, 5) is 3.90. The quantitative estimate of drug-likeness (QED) is 0.910. The normalized spacial score (nSPS) is 15.7. The summed E-state index contributed by atoms with van der Waals surface area (Å²) >= 11 is 0. The van der Waals surface area contributed by atoms with E-state index >= 15 is 0 Å². The van der Waals surface area contributed by atoms with Gasteiger partial charge in [0.2, 0.25) is 0 Å². The van der Waals surface area contributed by atoms with Crippen LogP contribution in [-0.4, -0.2) is 32.8 Å². The summed E-state index contributed by atoms with van der Waals surface area (Å²) in [6, 6.07) is 15.1. The summed E-state index contributed by atoms with van der Waals surface area (Å²) < 4.78 is 18.7. The molecule has 4 heteroatoms. The predicted octanol–water partition coefficient (Wildman–Crippen LogP) is 2.13. The van der Waals surface area contributed by atoms with Gasteiger partial charge in [0.05, 0.1) is 32.8 Å². The number of ether oxygens (including phenoxy) is 1. The number of nitrogens with one attached hydrogen (secondary N) is 1. The van der Waals surface area contributed by atoms with E-state index in [4.69, 9.17) is 4.74 Å². The maximum absolute atomic E-state index is 13.0. The highest BCUT2D eigenvalue weighted by Gasteiger charge is 2.21. The van der Waals surface area contributed by atoms with Crippen molar-refractivity contribution in [2.24, 2.45) is 0 Å². The highest BCUT2D eigenvalue weighted by atomic mass is 19.1. The summed E-state index contributed by atoms with van der Waals surface area (Å²) in [7, 11) is 0. The molecule has 0 spiro atoms. The van der Waals surface area contributed by atoms with Crippen molar-refractivity contribution in [3.05, 3.63) is 59.9 Å². The van der Waals surface area contributed by atoms with Crippen molar-refractivity contribution in [3.63, 3.8) is 0 Å². The lowest BCUT2D eigenvalue weighted by molar-refractivity contribution is -0.914. The van der Waals surface area contributed by atoms with Gasteiger partial charge in [-0.2, -0.15) is 0 Å². The zero-order valence-electron chi connectivity index (χ0n) is 13.6. The largest absolute Gasteiger partial charge is 0.493 e. The second-order valence-electron chi connectivity index (χ2n) is 5.93. The fraction of sp³-hybridized carbons (Fsp3) is 0.368. The van der Waals surface area contributed by atoms with Crippen LogP contribution in [0, 0.1) is 5.82 Å². The lowest BCUT2D eigenvalue weighted by Gasteiger charge is -2.33. The van der Waals surface area contributed by atoms with E-state index < -0.39 is 0 Å². The first-order valence-corrected chi connectivity index (χ1v) is 8.31. The molecule has 1 saturated heterocycles. The molecule has 0 unspecified atom stereocenters. The molecule has 1 aliphatic heterocycles. The SMILES string of the molecule is CCOc1ccccc1C[NH+]1CCN(c2ccc(F)cc2)CC1. The van der Waals surface area contributed by atoms with Crippen molar-refractivity contribution in [2.45, 2.75) is 13.5 Å². The van der Waals surface area contributed by atoms with E-state index in [-0.39, 0.29) is 5.82 Å². The third-order valence-corrected chi connectivity index (χ3v) is 4.38. The monoisotopic (exact) mass is 315 g/mol. The van der Waals surface area contributed by atoms with Crippen LogP contribution < -0.4 is 14.5 Å². The van der Waals surface area contributed by atoms with Crippen molar-refractivity contribution in [1.82, 2.24) is 0 Å². The number of anilines is 1. The first-order chi connectivity index (χ1) is 11.3. The Kier molecular flexibility index (Phi) is 5.13. The highest BCUT2D eigenvalue weighted by molar-refractivity contribution is 5.46. The third kappa shape index (κ3) is 4.02. The molecular weight excluding hydrogens is 291 g/mol. The van der Waals surface area contributed by atoms with Crippen LogP contribution in [-0.2, 0) is 6.54 Å². The highest BCUT2D eigenvalue weighted by Crippen LogP contribution is 2.17. The van der Waals surface area contributed by atoms with E-state index in [2.05, 4.69) is 17.0 Å². The summed E-state index contributed by atoms with van der Waals surface area (Å²) in [5, 5.41) is 0. The van der Waals surface area contributed by atoms with Crippen molar-refractivity contribution >= 4 is 5.69 Å². The topological polar surface area (TPSA) is 16.9 Å². The summed E-state index contributed by atoms with van der Waals surface area (Å²) in [6.45, 7) is 7.87. The molecule has 0 radical (unpaired) electrons. The number of halogens is 1. The first kappa shape index (κ1) is 15.8. The van der Waals surface area contributed by atoms with Gasteiger partial charge in [0.15, 0.2) is 0 Å². The van der Waals surface area contributed by atoms with Crippen LogP contribution in [0.3, 0.4) is 0 Å². The molecule has 3 rings (SSSR count). The van der Waals surface area contributed by atoms with Crippen LogP contribution in [0.2, 0.25) is 0 Å². The van der Waals surface area contributed by atoms with Gasteiger partial charge in [-0.3, -0.25) is 0 Å². The Morgan fingerprint density at radius 2 is 1.74 bits per heavy atom. The summed E-state index contributed by atoms with van der Waals surface area (Å²) in [5.41, 5.74) is 2.39. The molecule has 1 fully saturated rings. The van der Waals surface area contributed by atoms with Crippen LogP contribution in [0.4, 0.5) is 10.1 Å². The van der Waals surface area contributed by atoms with Crippen LogP contribution in [0.5, 0.6) is 5.75 Å². The lowest BCUT2D eigenvalue weighted by Crippen LogP contribution is -3.13. The van der Waals surface area contributed by atoms with Crippen LogP contribution in [0.1, 0.15) is 12.5 Å². The molecule has 1 aliphatic rings. The minimum absolute atomic E-state index is 0.175. The molecular formula is C19H24FN2O+. The Hall–Kier alpha value is -2.07. The van der Waals surface area contributed by atoms with Crippen molar-refractivity contribution in [2.75, 3.05) is 37.7 Å². The molecule has 0 aliphatic carbocycles. The second kappa shape index (κ2) is 7.47. The molecule has 1 N–H and O–H groups in total. The zero-order valence-corrected chi connectivity index (χ0v) is 13.6. The fourth-order valence-corrected chi connectivity index (χ4v) is 3.13. The zero-order chi connectivity index (χ0) is 16.1. The van der Waals surface area contributed by atoms with E-state index in [1.165, 1.54) is 17.7 Å². The number of rotatable bonds is 5. The average Bonchev–Trinajstić information content (AvgIpc) is 2.58. The number of nitrogens with zero attached hydrogens (tertiary/aromatic N) is 1. The first-order valence-electron chi connectivity index (χ1n) is 8.31. The standard InChI is InChI=1S/C19H23FN2O/c1-2-23-19-6-4-3-5-16(19)15-21-11-13-22(14-12-21)18-9-7-17(20)8-10-18/h3-10H,2,11-15H2,1H3/p+1. The maximum atomic E-state index is 13.0. The second-order valence-corrected chi connectivity index (χ2v) is 5.93. The summed E-state index contributed by atoms with van der Waals surface area (Å²) in [5.74, 6) is 0.828. The van der Waals surface area contributed by atoms with E-state index in [0.29, 0.717) is 6.61 Å². The summed E-state index contributed by atoms with van der Waals surface area (Å²) in [6.07, 6.45) is 0. The van der Waals surface area contributed by atoms with E-state index in [9.17, 15) is 4.39 Å². The minimum Gasteiger partial charge on any atom is -0.493 e. The Balaban J connectivity index is 1.58. The molecule has 0 atom stereocenters. The van der Waals surface area contributed by atoms with E-state index in [1.54, 1.807) is 4.90 Å². The van der Waals surface area contributed by atoms with Crippen LogP contribution in [0.15, 0.2) is 48.5 Å². The third-order valence-electron chi connectivity index (χ3n) is 4.38. The van der Waals surface area contributed by atoms with Crippen molar-refractivity contribution in [3.8, 4) is 5.75 Å². The molecule has 2 aromatic rings. The van der Waals surface area contributed by atoms with Gasteiger partial charge in [0, 0.05) is 11.3 Å². The van der Waals surface area contributed by atoms with Gasteiger partial charge in [-0.25, -0.2) is 4.39 Å². The van der Waals surface area contributed by atoms with E-state index in [0.717, 1.165) is 44.2 Å². The van der Waals surface area contributed by atoms with E-state index in [1.807, 2.05) is 31.2 Å². The molecule has 23 heavy (non-hydrogen) atoms. The molecule has 2 aromatic carbocycles. The van der Waals surface area contributed by atoms with Gasteiger partial charge >= 0.3 is 0 Å². The van der Waals surface area contributed by atoms with Gasteiger partial charge in [0.1, 0.15) is 18.1 Å². The van der Waals surface area contributed by atoms with Crippen LogP contribution >= 0.6 is 0 Å². The van der Waals surface area contributed by atoms with Gasteiger partial charge in [0.25, 0.3) is 0 Å². The molecule has 1 heterocycles. The van der Waals surface area contributed by atoms with Crippen molar-refractivity contribution < 1.29 is 14.0 Å². The van der Waals surface area contributed by atoms with Gasteiger partial charge in [-0.05, 0) is 43.3 Å². The van der Waals surface area contributed by atoms with Gasteiger partial charge < -0.3 is 14.5 Å². The lowest BCUT2D eigenvalue weighted by atomic mass is 10.1. The Labute approximate surface area is 137 Å². The molecule has 0 saturated carbocycles. The number of benzene rings is 2. The fourth-order valence-electron chi connectivity index (χ4n) is 3.13. The molecule has 0 aromatic heterocycles. The van der Waals surface area contributed by atoms with Gasteiger partial charge in [-0.15, -0.1) is 0 Å². The molecule has 3 nitrogen and oxygen atoms in total. The number of hydrogen-bond donors (Lipinski definition) is 1. The predicted molar refractivity (Wildman–Crippen MR) is 90.6 cm³/mol. The van der Waals surface area contributed by atoms with Crippen LogP contribution in [0.25, 0.3) is 0 Å². The molecule has 0 bridgehead atoms. The smallest absolute Gasteiger partial charge is 0.128 e. The maximum Gasteiger partial charge on any atom is 0.128 e. The number of quaternary nitrogens is 1. The number of piperazine rings is 1. The Morgan fingerprint density at radius 3 is 2.43 bits per heavy atom.